The number of hydrogen-bond donors (Lipinski definition) is 1. The first-order chi connectivity index (χ1) is 17.5. The van der Waals surface area contributed by atoms with Crippen molar-refractivity contribution in [2.75, 3.05) is 12.0 Å². The highest BCUT2D eigenvalue weighted by molar-refractivity contribution is 7.15. The van der Waals surface area contributed by atoms with Gasteiger partial charge in [-0.15, -0.1) is 10.2 Å². The van der Waals surface area contributed by atoms with E-state index in [1.165, 1.54) is 23.3 Å². The Kier molecular flexibility index (Phi) is 6.22. The summed E-state index contributed by atoms with van der Waals surface area (Å²) in [5.41, 5.74) is 0.907. The molecule has 0 radical (unpaired) electrons. The zero-order valence-electron chi connectivity index (χ0n) is 19.4. The van der Waals surface area contributed by atoms with E-state index in [1.807, 2.05) is 30.3 Å². The first-order valence-electron chi connectivity index (χ1n) is 11.0. The van der Waals surface area contributed by atoms with Crippen molar-refractivity contribution >= 4 is 33.9 Å². The Morgan fingerprint density at radius 1 is 0.917 bits per heavy atom. The minimum Gasteiger partial charge on any atom is -0.507 e. The van der Waals surface area contributed by atoms with Crippen LogP contribution in [0.1, 0.15) is 22.2 Å². The number of anilines is 1. The van der Waals surface area contributed by atoms with Crippen LogP contribution in [0, 0.1) is 6.92 Å². The lowest BCUT2D eigenvalue weighted by Gasteiger charge is -2.23. The maximum absolute atomic E-state index is 13.3. The summed E-state index contributed by atoms with van der Waals surface area (Å²) in [5.74, 6) is -0.141. The molecule has 1 fully saturated rings. The van der Waals surface area contributed by atoms with E-state index < -0.39 is 17.7 Å². The number of methoxy groups -OCH3 is 1. The average Bonchev–Trinajstić information content (AvgIpc) is 3.44. The van der Waals surface area contributed by atoms with Crippen molar-refractivity contribution in [2.24, 2.45) is 0 Å². The zero-order chi connectivity index (χ0) is 25.2. The molecule has 0 saturated carbocycles. The van der Waals surface area contributed by atoms with Gasteiger partial charge < -0.3 is 14.6 Å². The lowest BCUT2D eigenvalue weighted by Crippen LogP contribution is -2.29. The van der Waals surface area contributed by atoms with E-state index in [4.69, 9.17) is 9.47 Å². The molecule has 180 valence electrons. The first-order valence-corrected chi connectivity index (χ1v) is 11.9. The summed E-state index contributed by atoms with van der Waals surface area (Å²) in [7, 11) is 1.54. The van der Waals surface area contributed by atoms with E-state index in [0.29, 0.717) is 33.4 Å². The van der Waals surface area contributed by atoms with Crippen molar-refractivity contribution in [3.05, 3.63) is 101 Å². The average molecular weight is 500 g/mol. The van der Waals surface area contributed by atoms with Crippen LogP contribution in [0.4, 0.5) is 5.13 Å². The number of para-hydroxylation sites is 1. The fraction of sp³-hybridized carbons (Fsp3) is 0.111. The van der Waals surface area contributed by atoms with Gasteiger partial charge in [-0.2, -0.15) is 0 Å². The Morgan fingerprint density at radius 2 is 1.64 bits per heavy atom. The number of ketones is 1. The van der Waals surface area contributed by atoms with Gasteiger partial charge >= 0.3 is 5.91 Å². The summed E-state index contributed by atoms with van der Waals surface area (Å²) in [4.78, 5) is 27.8. The van der Waals surface area contributed by atoms with Crippen molar-refractivity contribution in [3.8, 4) is 17.2 Å². The lowest BCUT2D eigenvalue weighted by atomic mass is 9.95. The number of ether oxygens (including phenoxy) is 2. The summed E-state index contributed by atoms with van der Waals surface area (Å²) >= 11 is 1.19. The molecule has 0 spiro atoms. The van der Waals surface area contributed by atoms with Gasteiger partial charge in [0.2, 0.25) is 5.13 Å². The zero-order valence-corrected chi connectivity index (χ0v) is 20.2. The third-order valence-electron chi connectivity index (χ3n) is 5.68. The first kappa shape index (κ1) is 23.3. The van der Waals surface area contributed by atoms with Crippen LogP contribution in [-0.2, 0) is 9.59 Å². The van der Waals surface area contributed by atoms with Crippen molar-refractivity contribution in [3.63, 3.8) is 0 Å². The molecule has 0 aliphatic carbocycles. The molecular formula is C27H21N3O5S. The number of aliphatic hydroxyl groups excluding tert-OH is 1. The van der Waals surface area contributed by atoms with Gasteiger partial charge in [-0.25, -0.2) is 0 Å². The standard InChI is InChI=1S/C27H21N3O5S/c1-16-28-29-27(36-16)30-23(18-7-6-10-21(15-18)35-20-8-4-3-5-9-20)22(25(32)26(30)33)24(31)17-11-13-19(34-2)14-12-17/h3-15,23,31H,1-2H3/t23-/m1/s1. The Bertz CT molecular complexity index is 1460. The molecule has 0 bridgehead atoms. The number of aryl methyl sites for hydroxylation is 1. The van der Waals surface area contributed by atoms with E-state index >= 15 is 0 Å². The second kappa shape index (κ2) is 9.63. The van der Waals surface area contributed by atoms with Crippen molar-refractivity contribution in [1.29, 1.82) is 0 Å². The number of amides is 1. The number of aromatic nitrogens is 2. The van der Waals surface area contributed by atoms with E-state index in [2.05, 4.69) is 10.2 Å². The SMILES string of the molecule is COc1ccc(C(O)=C2C(=O)C(=O)N(c3nnc(C)s3)[C@@H]2c2cccc(Oc3ccccc3)c2)cc1. The highest BCUT2D eigenvalue weighted by Crippen LogP contribution is 2.43. The molecule has 8 nitrogen and oxygen atoms in total. The predicted molar refractivity (Wildman–Crippen MR) is 135 cm³/mol. The summed E-state index contributed by atoms with van der Waals surface area (Å²) in [6.07, 6.45) is 0. The van der Waals surface area contributed by atoms with Crippen molar-refractivity contribution in [2.45, 2.75) is 13.0 Å². The van der Waals surface area contributed by atoms with Gasteiger partial charge in [0, 0.05) is 5.56 Å². The Balaban J connectivity index is 1.64. The summed E-state index contributed by atoms with van der Waals surface area (Å²) in [5, 5.41) is 20.3. The Labute approximate surface area is 211 Å². The van der Waals surface area contributed by atoms with Crippen LogP contribution in [0.5, 0.6) is 17.2 Å². The molecule has 2 heterocycles. The largest absolute Gasteiger partial charge is 0.507 e. The van der Waals surface area contributed by atoms with Crippen LogP contribution in [0.25, 0.3) is 5.76 Å². The van der Waals surface area contributed by atoms with Gasteiger partial charge in [-0.3, -0.25) is 14.5 Å². The molecule has 1 aliphatic rings. The smallest absolute Gasteiger partial charge is 0.301 e. The van der Waals surface area contributed by atoms with Crippen LogP contribution in [0.15, 0.2) is 84.4 Å². The molecule has 5 rings (SSSR count). The van der Waals surface area contributed by atoms with Crippen LogP contribution in [0.3, 0.4) is 0 Å². The van der Waals surface area contributed by atoms with Crippen molar-refractivity contribution < 1.29 is 24.2 Å². The fourth-order valence-electron chi connectivity index (χ4n) is 4.01. The van der Waals surface area contributed by atoms with Crippen LogP contribution in [0.2, 0.25) is 0 Å². The molecular weight excluding hydrogens is 478 g/mol. The summed E-state index contributed by atoms with van der Waals surface area (Å²) in [6, 6.07) is 22.0. The minimum absolute atomic E-state index is 0.0464. The van der Waals surface area contributed by atoms with Gasteiger partial charge in [0.1, 0.15) is 28.0 Å². The molecule has 4 aromatic rings. The van der Waals surface area contributed by atoms with Crippen LogP contribution in [-0.4, -0.2) is 34.1 Å². The van der Waals surface area contributed by atoms with Gasteiger partial charge in [-0.1, -0.05) is 41.7 Å². The molecule has 36 heavy (non-hydrogen) atoms. The van der Waals surface area contributed by atoms with E-state index in [-0.39, 0.29) is 16.5 Å². The predicted octanol–water partition coefficient (Wildman–Crippen LogP) is 5.27. The number of aliphatic hydroxyl groups is 1. The maximum Gasteiger partial charge on any atom is 0.301 e. The number of rotatable bonds is 6. The summed E-state index contributed by atoms with van der Waals surface area (Å²) in [6.45, 7) is 1.76. The molecule has 1 atom stereocenters. The van der Waals surface area contributed by atoms with Gasteiger partial charge in [-0.05, 0) is 61.0 Å². The van der Waals surface area contributed by atoms with Gasteiger partial charge in [0.05, 0.1) is 18.7 Å². The number of benzene rings is 3. The Hall–Kier alpha value is -4.50. The third kappa shape index (κ3) is 4.32. The van der Waals surface area contributed by atoms with E-state index in [0.717, 1.165) is 0 Å². The highest BCUT2D eigenvalue weighted by Gasteiger charge is 2.48. The second-order valence-corrected chi connectivity index (χ2v) is 9.15. The fourth-order valence-corrected chi connectivity index (χ4v) is 4.72. The molecule has 1 N–H and O–H groups in total. The van der Waals surface area contributed by atoms with Gasteiger partial charge in [0.15, 0.2) is 0 Å². The number of Topliss-reactive ketones (excluding diaryl/α,β-unsaturated/α-hetero) is 1. The molecule has 3 aromatic carbocycles. The second-order valence-electron chi connectivity index (χ2n) is 7.99. The van der Waals surface area contributed by atoms with E-state index in [9.17, 15) is 14.7 Å². The van der Waals surface area contributed by atoms with Crippen molar-refractivity contribution in [1.82, 2.24) is 10.2 Å². The molecule has 1 amide bonds. The summed E-state index contributed by atoms with van der Waals surface area (Å²) < 4.78 is 11.2. The third-order valence-corrected chi connectivity index (χ3v) is 6.52. The minimum atomic E-state index is -0.932. The lowest BCUT2D eigenvalue weighted by molar-refractivity contribution is -0.132. The normalized spacial score (nSPS) is 16.8. The van der Waals surface area contributed by atoms with Gasteiger partial charge in [0.25, 0.3) is 5.78 Å². The molecule has 1 aromatic heterocycles. The van der Waals surface area contributed by atoms with Crippen LogP contribution >= 0.6 is 11.3 Å². The number of carbonyl (C=O) groups is 2. The monoisotopic (exact) mass is 499 g/mol. The maximum atomic E-state index is 13.3. The number of nitrogens with zero attached hydrogens (tertiary/aromatic N) is 3. The number of hydrogen-bond acceptors (Lipinski definition) is 8. The molecule has 0 unspecified atom stereocenters. The Morgan fingerprint density at radius 3 is 2.31 bits per heavy atom. The molecule has 1 aliphatic heterocycles. The highest BCUT2D eigenvalue weighted by atomic mass is 32.1. The topological polar surface area (TPSA) is 102 Å². The van der Waals surface area contributed by atoms with Crippen LogP contribution < -0.4 is 14.4 Å². The van der Waals surface area contributed by atoms with E-state index in [1.54, 1.807) is 55.5 Å². The molecule has 9 heteroatoms. The quantitative estimate of drug-likeness (QED) is 0.219. The molecule has 1 saturated heterocycles. The number of carbonyl (C=O) groups excluding carboxylic acids is 2.